The van der Waals surface area contributed by atoms with Crippen molar-refractivity contribution < 1.29 is 24.4 Å². The van der Waals surface area contributed by atoms with E-state index in [4.69, 9.17) is 9.68 Å². The molecule has 0 saturated heterocycles. The fourth-order valence-corrected chi connectivity index (χ4v) is 5.48. The largest absolute Gasteiger partial charge is 0.392 e. The van der Waals surface area contributed by atoms with Crippen LogP contribution in [0.15, 0.2) is 0 Å². The monoisotopic (exact) mass is 584 g/mol. The van der Waals surface area contributed by atoms with Gasteiger partial charge in [-0.3, -0.25) is 4.79 Å². The third-order valence-electron chi connectivity index (χ3n) is 8.34. The fraction of sp³-hybridized carbons (Fsp3) is 0.943. The number of unbranched alkanes of at least 4 members (excludes halogenated alkanes) is 23. The van der Waals surface area contributed by atoms with Crippen LogP contribution in [-0.4, -0.2) is 23.1 Å². The number of nitrogens with one attached hydrogen (secondary N) is 1. The van der Waals surface area contributed by atoms with E-state index in [1.54, 1.807) is 0 Å². The van der Waals surface area contributed by atoms with E-state index in [9.17, 15) is 14.7 Å². The highest BCUT2D eigenvalue weighted by atomic mass is 16.9. The van der Waals surface area contributed by atoms with Crippen molar-refractivity contribution in [2.24, 2.45) is 5.92 Å². The molecule has 2 unspecified atom stereocenters. The number of hydrogen-bond acceptors (Lipinski definition) is 6. The molecular weight excluding hydrogens is 514 g/mol. The first kappa shape index (κ1) is 39.9. The number of aliphatic hydroxyl groups is 1. The number of rotatable bonds is 32. The smallest absolute Gasteiger partial charge is 0.334 e. The second kappa shape index (κ2) is 31.8. The summed E-state index contributed by atoms with van der Waals surface area (Å²) in [6.45, 7) is 6.37. The van der Waals surface area contributed by atoms with Crippen molar-refractivity contribution in [2.75, 3.05) is 0 Å². The molecule has 0 aromatic carbocycles. The van der Waals surface area contributed by atoms with Crippen molar-refractivity contribution in [2.45, 2.75) is 207 Å². The normalized spacial score (nSPS) is 12.8. The van der Waals surface area contributed by atoms with Crippen LogP contribution in [0.3, 0.4) is 0 Å². The van der Waals surface area contributed by atoms with Crippen LogP contribution in [0.25, 0.3) is 0 Å². The van der Waals surface area contributed by atoms with Gasteiger partial charge in [0.25, 0.3) is 0 Å². The maximum absolute atomic E-state index is 12.5. The summed E-state index contributed by atoms with van der Waals surface area (Å²) < 4.78 is 0. The molecule has 0 saturated carbocycles. The van der Waals surface area contributed by atoms with Crippen LogP contribution in [0.1, 0.15) is 201 Å². The zero-order valence-corrected chi connectivity index (χ0v) is 27.5. The molecular formula is C35H69NO5. The zero-order valence-electron chi connectivity index (χ0n) is 27.5. The highest BCUT2D eigenvalue weighted by Crippen LogP contribution is 2.20. The number of carbonyl (C=O) groups is 2. The molecule has 6 nitrogen and oxygen atoms in total. The van der Waals surface area contributed by atoms with Gasteiger partial charge in [0.2, 0.25) is 0 Å². The lowest BCUT2D eigenvalue weighted by molar-refractivity contribution is -0.204. The van der Waals surface area contributed by atoms with Crippen LogP contribution in [0.5, 0.6) is 0 Å². The summed E-state index contributed by atoms with van der Waals surface area (Å²) in [5.41, 5.74) is 2.08. The standard InChI is InChI=1S/C35H69NO5/c1-4-7-9-11-13-15-17-19-21-23-25-27-29-31-34(38)40-36-41-35(39)32(33(37)6-3)30-28-26-24-22-20-18-16-14-12-10-8-5-2/h32-33,36-37H,4-31H2,1-3H3. The maximum Gasteiger partial charge on any atom is 0.334 e. The van der Waals surface area contributed by atoms with E-state index in [0.29, 0.717) is 19.3 Å². The predicted molar refractivity (Wildman–Crippen MR) is 171 cm³/mol. The van der Waals surface area contributed by atoms with Gasteiger partial charge in [-0.05, 0) is 19.3 Å². The SMILES string of the molecule is CCCCCCCCCCCCCCCC(=O)ONOC(=O)C(CCCCCCCCCCCCCC)C(O)CC. The van der Waals surface area contributed by atoms with Crippen molar-refractivity contribution in [3.05, 3.63) is 0 Å². The second-order valence-electron chi connectivity index (χ2n) is 12.2. The van der Waals surface area contributed by atoms with Crippen LogP contribution in [-0.2, 0) is 19.3 Å². The van der Waals surface area contributed by atoms with Crippen molar-refractivity contribution in [3.63, 3.8) is 0 Å². The lowest BCUT2D eigenvalue weighted by atomic mass is 9.93. The van der Waals surface area contributed by atoms with E-state index >= 15 is 0 Å². The molecule has 0 aliphatic carbocycles. The molecule has 0 aromatic rings. The van der Waals surface area contributed by atoms with Crippen LogP contribution >= 0.6 is 0 Å². The van der Waals surface area contributed by atoms with Gasteiger partial charge in [0.05, 0.1) is 12.0 Å². The third-order valence-corrected chi connectivity index (χ3v) is 8.34. The molecule has 41 heavy (non-hydrogen) atoms. The molecule has 2 N–H and O–H groups in total. The summed E-state index contributed by atoms with van der Waals surface area (Å²) in [4.78, 5) is 34.3. The van der Waals surface area contributed by atoms with Crippen molar-refractivity contribution in [3.8, 4) is 0 Å². The molecule has 6 heteroatoms. The zero-order chi connectivity index (χ0) is 30.2. The molecule has 0 aromatic heterocycles. The molecule has 2 atom stereocenters. The first-order valence-corrected chi connectivity index (χ1v) is 17.9. The Bertz CT molecular complexity index is 571. The molecule has 0 heterocycles. The van der Waals surface area contributed by atoms with Gasteiger partial charge in [-0.1, -0.05) is 175 Å². The Morgan fingerprint density at radius 1 is 0.537 bits per heavy atom. The van der Waals surface area contributed by atoms with Crippen molar-refractivity contribution in [1.82, 2.24) is 5.64 Å². The molecule has 0 aliphatic rings. The maximum atomic E-state index is 12.5. The summed E-state index contributed by atoms with van der Waals surface area (Å²) in [6, 6.07) is 0. The second-order valence-corrected chi connectivity index (χ2v) is 12.2. The lowest BCUT2D eigenvalue weighted by Gasteiger charge is -2.20. The van der Waals surface area contributed by atoms with Gasteiger partial charge in [0.15, 0.2) is 0 Å². The summed E-state index contributed by atoms with van der Waals surface area (Å²) in [5.74, 6) is -1.58. The molecule has 0 rings (SSSR count). The Labute approximate surface area is 254 Å². The van der Waals surface area contributed by atoms with Gasteiger partial charge in [0, 0.05) is 12.1 Å². The summed E-state index contributed by atoms with van der Waals surface area (Å²) in [6.07, 6.45) is 32.0. The Morgan fingerprint density at radius 2 is 0.902 bits per heavy atom. The molecule has 244 valence electrons. The topological polar surface area (TPSA) is 84.9 Å². The van der Waals surface area contributed by atoms with Gasteiger partial charge < -0.3 is 14.8 Å². The first-order valence-electron chi connectivity index (χ1n) is 17.9. The van der Waals surface area contributed by atoms with Gasteiger partial charge in [-0.15, -0.1) is 0 Å². The lowest BCUT2D eigenvalue weighted by Crippen LogP contribution is -2.34. The number of aliphatic hydroxyl groups excluding tert-OH is 1. The van der Waals surface area contributed by atoms with Crippen molar-refractivity contribution in [1.29, 1.82) is 0 Å². The third kappa shape index (κ3) is 27.4. The minimum absolute atomic E-state index is 0.308. The van der Waals surface area contributed by atoms with Crippen LogP contribution < -0.4 is 5.64 Å². The van der Waals surface area contributed by atoms with E-state index in [1.165, 1.54) is 122 Å². The van der Waals surface area contributed by atoms with Crippen LogP contribution in [0.2, 0.25) is 0 Å². The molecule has 0 radical (unpaired) electrons. The van der Waals surface area contributed by atoms with E-state index in [1.807, 2.05) is 6.92 Å². The van der Waals surface area contributed by atoms with E-state index in [-0.39, 0.29) is 0 Å². The number of hydrogen-bond donors (Lipinski definition) is 2. The van der Waals surface area contributed by atoms with E-state index in [0.717, 1.165) is 38.5 Å². The molecule has 0 aliphatic heterocycles. The average molecular weight is 584 g/mol. The van der Waals surface area contributed by atoms with Gasteiger partial charge >= 0.3 is 11.9 Å². The number of carbonyl (C=O) groups excluding carboxylic acids is 2. The minimum atomic E-state index is -0.751. The van der Waals surface area contributed by atoms with Gasteiger partial charge in [0.1, 0.15) is 0 Å². The van der Waals surface area contributed by atoms with Crippen LogP contribution in [0.4, 0.5) is 0 Å². The summed E-state index contributed by atoms with van der Waals surface area (Å²) >= 11 is 0. The highest BCUT2D eigenvalue weighted by molar-refractivity contribution is 5.73. The Hall–Kier alpha value is -1.14. The Morgan fingerprint density at radius 3 is 1.29 bits per heavy atom. The van der Waals surface area contributed by atoms with E-state index < -0.39 is 24.0 Å². The molecule has 0 fully saturated rings. The molecule has 0 bridgehead atoms. The average Bonchev–Trinajstić information content (AvgIpc) is 2.97. The van der Waals surface area contributed by atoms with Crippen LogP contribution in [0, 0.1) is 5.92 Å². The molecule has 0 spiro atoms. The minimum Gasteiger partial charge on any atom is -0.392 e. The summed E-state index contributed by atoms with van der Waals surface area (Å²) in [5, 5.41) is 10.3. The fourth-order valence-electron chi connectivity index (χ4n) is 5.48. The van der Waals surface area contributed by atoms with Crippen molar-refractivity contribution >= 4 is 11.9 Å². The first-order chi connectivity index (χ1) is 20.1. The van der Waals surface area contributed by atoms with Gasteiger partial charge in [-0.2, -0.15) is 0 Å². The predicted octanol–water partition coefficient (Wildman–Crippen LogP) is 10.5. The van der Waals surface area contributed by atoms with Gasteiger partial charge in [-0.25, -0.2) is 4.79 Å². The Kier molecular flexibility index (Phi) is 30.9. The quantitative estimate of drug-likeness (QED) is 0.0605. The molecule has 0 amide bonds. The Balaban J connectivity index is 3.76. The highest BCUT2D eigenvalue weighted by Gasteiger charge is 2.27. The summed E-state index contributed by atoms with van der Waals surface area (Å²) in [7, 11) is 0. The van der Waals surface area contributed by atoms with E-state index in [2.05, 4.69) is 19.5 Å².